The molecule has 8 rings (SSSR count). The van der Waals surface area contributed by atoms with Crippen molar-refractivity contribution in [1.29, 1.82) is 0 Å². The number of hydrogen-bond acceptors (Lipinski definition) is 20. The van der Waals surface area contributed by atoms with E-state index in [2.05, 4.69) is 40.7 Å². The SMILES string of the molecule is CC1CC[C@]2(C(=O)OC3OC(COC4OC(CO)C(OC5OC(C)C(O)C(O)C5O)C(O)C4O)C(O)C(O)C3O)CC[C@@]3(C)C(=CCC4[C@@]5(C)CC(O)C(O)[C@@](C)(CO)C5C(O)C[C@]43C)C2C1C. The predicted octanol–water partition coefficient (Wildman–Crippen LogP) is -2.06. The molecule has 20 heteroatoms. The van der Waals surface area contributed by atoms with Gasteiger partial charge in [0.25, 0.3) is 0 Å². The fourth-order valence-corrected chi connectivity index (χ4v) is 15.4. The Bertz CT molecular complexity index is 1860. The molecule has 8 aliphatic rings. The molecule has 13 N–H and O–H groups in total. The van der Waals surface area contributed by atoms with Crippen molar-refractivity contribution in [2.75, 3.05) is 19.8 Å². The summed E-state index contributed by atoms with van der Waals surface area (Å²) in [6.45, 7) is 12.1. The summed E-state index contributed by atoms with van der Waals surface area (Å²) in [6, 6.07) is 0. The van der Waals surface area contributed by atoms with Gasteiger partial charge >= 0.3 is 5.97 Å². The highest BCUT2D eigenvalue weighted by atomic mass is 16.8. The summed E-state index contributed by atoms with van der Waals surface area (Å²) in [7, 11) is 0. The van der Waals surface area contributed by atoms with Gasteiger partial charge in [0.15, 0.2) is 12.6 Å². The van der Waals surface area contributed by atoms with Gasteiger partial charge in [-0.2, -0.15) is 0 Å². The maximum absolute atomic E-state index is 15.0. The third kappa shape index (κ3) is 7.89. The monoisotopic (exact) mass is 975 g/mol. The van der Waals surface area contributed by atoms with E-state index in [0.717, 1.165) is 5.57 Å². The second kappa shape index (κ2) is 18.8. The molecule has 0 radical (unpaired) electrons. The van der Waals surface area contributed by atoms with Crippen LogP contribution in [-0.4, -0.2) is 203 Å². The number of hydrogen-bond donors (Lipinski definition) is 13. The van der Waals surface area contributed by atoms with Crippen LogP contribution in [0.1, 0.15) is 93.4 Å². The van der Waals surface area contributed by atoms with E-state index in [1.54, 1.807) is 6.92 Å². The van der Waals surface area contributed by atoms with Crippen LogP contribution in [-0.2, 0) is 33.2 Å². The maximum atomic E-state index is 15.0. The van der Waals surface area contributed by atoms with E-state index in [-0.39, 0.29) is 30.1 Å². The highest BCUT2D eigenvalue weighted by Crippen LogP contribution is 2.76. The van der Waals surface area contributed by atoms with Crippen LogP contribution < -0.4 is 0 Å². The van der Waals surface area contributed by atoms with Crippen LogP contribution in [0.4, 0.5) is 0 Å². The lowest BCUT2D eigenvalue weighted by Crippen LogP contribution is -2.71. The molecule has 0 amide bonds. The van der Waals surface area contributed by atoms with Crippen molar-refractivity contribution in [3.8, 4) is 0 Å². The van der Waals surface area contributed by atoms with Crippen molar-refractivity contribution in [2.45, 2.75) is 204 Å². The number of carbonyl (C=O) groups is 1. The van der Waals surface area contributed by atoms with E-state index >= 15 is 4.79 Å². The molecule has 3 aliphatic heterocycles. The molecule has 390 valence electrons. The van der Waals surface area contributed by atoms with Gasteiger partial charge in [-0.25, -0.2) is 0 Å². The Balaban J connectivity index is 0.994. The normalized spacial score (nSPS) is 57.1. The summed E-state index contributed by atoms with van der Waals surface area (Å²) >= 11 is 0. The Morgan fingerprint density at radius 2 is 1.34 bits per heavy atom. The first-order chi connectivity index (χ1) is 31.8. The van der Waals surface area contributed by atoms with Gasteiger partial charge in [0.05, 0.1) is 49.7 Å². The third-order valence-electron chi connectivity index (χ3n) is 19.6. The van der Waals surface area contributed by atoms with E-state index in [9.17, 15) is 66.4 Å². The average molecular weight is 975 g/mol. The molecular formula is C48H78O20. The predicted molar refractivity (Wildman–Crippen MR) is 233 cm³/mol. The van der Waals surface area contributed by atoms with E-state index < -0.39 is 169 Å². The van der Waals surface area contributed by atoms with Gasteiger partial charge in [0.2, 0.25) is 6.29 Å². The first kappa shape index (κ1) is 52.8. The van der Waals surface area contributed by atoms with E-state index in [1.165, 1.54) is 6.92 Å². The smallest absolute Gasteiger partial charge is 0.315 e. The minimum Gasteiger partial charge on any atom is -0.432 e. The molecule has 23 unspecified atom stereocenters. The Labute approximate surface area is 396 Å². The first-order valence-corrected chi connectivity index (χ1v) is 24.6. The Morgan fingerprint density at radius 1 is 0.706 bits per heavy atom. The first-order valence-electron chi connectivity index (χ1n) is 24.6. The van der Waals surface area contributed by atoms with Crippen LogP contribution in [0.15, 0.2) is 11.6 Å². The highest BCUT2D eigenvalue weighted by molar-refractivity contribution is 5.79. The van der Waals surface area contributed by atoms with Gasteiger partial charge in [-0.1, -0.05) is 53.2 Å². The van der Waals surface area contributed by atoms with Crippen molar-refractivity contribution in [1.82, 2.24) is 0 Å². The lowest BCUT2D eigenvalue weighted by atomic mass is 9.32. The number of allylic oxidation sites excluding steroid dienone is 2. The van der Waals surface area contributed by atoms with Crippen LogP contribution in [0.25, 0.3) is 0 Å². The zero-order valence-corrected chi connectivity index (χ0v) is 40.1. The Hall–Kier alpha value is -1.51. The van der Waals surface area contributed by atoms with Gasteiger partial charge < -0.3 is 94.8 Å². The summed E-state index contributed by atoms with van der Waals surface area (Å²) in [4.78, 5) is 15.0. The van der Waals surface area contributed by atoms with Crippen LogP contribution in [0.3, 0.4) is 0 Å². The number of rotatable bonds is 9. The molecule has 4 saturated carbocycles. The highest BCUT2D eigenvalue weighted by Gasteiger charge is 2.73. The second-order valence-corrected chi connectivity index (χ2v) is 23.1. The molecule has 3 heterocycles. The largest absolute Gasteiger partial charge is 0.432 e. The van der Waals surface area contributed by atoms with Crippen LogP contribution in [0, 0.1) is 56.7 Å². The number of fused-ring (bicyclic) bond motifs is 7. The lowest BCUT2D eigenvalue weighted by Gasteiger charge is -2.72. The minimum atomic E-state index is -1.89. The molecule has 20 nitrogen and oxygen atoms in total. The number of aliphatic hydroxyl groups excluding tert-OH is 13. The lowest BCUT2D eigenvalue weighted by molar-refractivity contribution is -0.361. The number of aliphatic hydroxyl groups is 13. The van der Waals surface area contributed by atoms with Crippen molar-refractivity contribution >= 4 is 5.97 Å². The minimum absolute atomic E-state index is 0.0115. The molecule has 28 atom stereocenters. The molecule has 68 heavy (non-hydrogen) atoms. The van der Waals surface area contributed by atoms with Gasteiger partial charge in [-0.15, -0.1) is 0 Å². The molecule has 7 fully saturated rings. The molecule has 0 aromatic rings. The quantitative estimate of drug-likeness (QED) is 0.0873. The van der Waals surface area contributed by atoms with E-state index in [1.807, 2.05) is 0 Å². The number of ether oxygens (including phenoxy) is 6. The summed E-state index contributed by atoms with van der Waals surface area (Å²) in [6.07, 6.45) is -22.3. The molecular weight excluding hydrogens is 897 g/mol. The topological polar surface area (TPSA) is 335 Å². The van der Waals surface area contributed by atoms with E-state index in [4.69, 9.17) is 28.4 Å². The fraction of sp³-hybridized carbons (Fsp3) is 0.938. The molecule has 0 aromatic carbocycles. The van der Waals surface area contributed by atoms with Crippen LogP contribution >= 0.6 is 0 Å². The van der Waals surface area contributed by atoms with Crippen LogP contribution in [0.2, 0.25) is 0 Å². The van der Waals surface area contributed by atoms with Crippen molar-refractivity contribution in [2.24, 2.45) is 56.7 Å². The summed E-state index contributed by atoms with van der Waals surface area (Å²) in [5.74, 6) is -1.31. The van der Waals surface area contributed by atoms with Gasteiger partial charge in [0, 0.05) is 11.3 Å². The summed E-state index contributed by atoms with van der Waals surface area (Å²) in [5, 5.41) is 142. The molecule has 0 spiro atoms. The van der Waals surface area contributed by atoms with Gasteiger partial charge in [0.1, 0.15) is 67.1 Å². The maximum Gasteiger partial charge on any atom is 0.315 e. The second-order valence-electron chi connectivity index (χ2n) is 23.1. The Kier molecular flexibility index (Phi) is 14.6. The Morgan fingerprint density at radius 3 is 2.00 bits per heavy atom. The standard InChI is InChI=1S/C48H78O20/c1-19-10-11-48(13-12-46(6)22(28(48)20(19)2)8-9-27-44(4)14-24(52)39(61)45(5,18-50)38(44)23(51)15-47(27,46)7)43(62)68-42-35(59)32(56)30(54)26(66-42)17-63-40-36(60)33(57)37(25(16-49)65-40)67-41-34(58)31(55)29(53)21(3)64-41/h8,19-21,23-42,49-61H,9-18H2,1-7H3/t19?,20?,21?,23?,24?,25?,26?,27?,28?,29?,30?,31?,32?,33?,34?,35?,36?,37?,38?,39?,40?,41?,42?,44-,45+,46+,47-,48+/m1/s1. The van der Waals surface area contributed by atoms with Crippen molar-refractivity contribution < 1.29 is 99.6 Å². The molecule has 3 saturated heterocycles. The van der Waals surface area contributed by atoms with Crippen molar-refractivity contribution in [3.05, 3.63) is 11.6 Å². The molecule has 0 bridgehead atoms. The summed E-state index contributed by atoms with van der Waals surface area (Å²) in [5.41, 5.74) is -2.84. The number of carbonyl (C=O) groups excluding carboxylic acids is 1. The number of esters is 1. The van der Waals surface area contributed by atoms with Gasteiger partial charge in [-0.05, 0) is 91.8 Å². The zero-order chi connectivity index (χ0) is 50.0. The fourth-order valence-electron chi connectivity index (χ4n) is 15.4. The summed E-state index contributed by atoms with van der Waals surface area (Å²) < 4.78 is 34.6. The third-order valence-corrected chi connectivity index (χ3v) is 19.6. The van der Waals surface area contributed by atoms with E-state index in [0.29, 0.717) is 38.5 Å². The molecule has 5 aliphatic carbocycles. The van der Waals surface area contributed by atoms with Crippen molar-refractivity contribution in [3.63, 3.8) is 0 Å². The molecule has 0 aromatic heterocycles. The van der Waals surface area contributed by atoms with Crippen LogP contribution in [0.5, 0.6) is 0 Å². The average Bonchev–Trinajstić information content (AvgIpc) is 3.29. The zero-order valence-electron chi connectivity index (χ0n) is 40.1. The van der Waals surface area contributed by atoms with Gasteiger partial charge in [-0.3, -0.25) is 4.79 Å².